The van der Waals surface area contributed by atoms with Crippen molar-refractivity contribution in [2.75, 3.05) is 0 Å². The van der Waals surface area contributed by atoms with Crippen molar-refractivity contribution in [3.63, 3.8) is 0 Å². The van der Waals surface area contributed by atoms with Gasteiger partial charge in [-0.3, -0.25) is 0 Å². The molecule has 0 fully saturated rings. The second-order valence-electron chi connectivity index (χ2n) is 3.85. The molecule has 0 N–H and O–H groups in total. The SMILES string of the molecule is C[Si](C)(C)c1cccc(I)c1Br. The van der Waals surface area contributed by atoms with E-state index in [0.717, 1.165) is 0 Å². The first-order chi connectivity index (χ1) is 5.43. The molecule has 12 heavy (non-hydrogen) atoms. The van der Waals surface area contributed by atoms with Crippen molar-refractivity contribution >= 4 is 51.8 Å². The molecule has 1 aromatic carbocycles. The van der Waals surface area contributed by atoms with Gasteiger partial charge in [-0.25, -0.2) is 0 Å². The molecule has 0 aliphatic rings. The van der Waals surface area contributed by atoms with Crippen LogP contribution in [0.15, 0.2) is 22.7 Å². The second kappa shape index (κ2) is 3.80. The predicted molar refractivity (Wildman–Crippen MR) is 69.8 cm³/mol. The maximum atomic E-state index is 3.64. The molecule has 0 radical (unpaired) electrons. The Morgan fingerprint density at radius 1 is 1.25 bits per heavy atom. The van der Waals surface area contributed by atoms with Crippen LogP contribution in [0.2, 0.25) is 19.6 Å². The van der Waals surface area contributed by atoms with Crippen molar-refractivity contribution in [3.05, 3.63) is 26.2 Å². The fourth-order valence-corrected chi connectivity index (χ4v) is 5.27. The second-order valence-corrected chi connectivity index (χ2v) is 10.8. The van der Waals surface area contributed by atoms with Gasteiger partial charge in [-0.1, -0.05) is 31.8 Å². The van der Waals surface area contributed by atoms with E-state index in [1.165, 1.54) is 13.2 Å². The lowest BCUT2D eigenvalue weighted by Gasteiger charge is -2.18. The van der Waals surface area contributed by atoms with Crippen molar-refractivity contribution in [2.45, 2.75) is 19.6 Å². The van der Waals surface area contributed by atoms with Gasteiger partial charge in [-0.15, -0.1) is 0 Å². The molecule has 0 atom stereocenters. The van der Waals surface area contributed by atoms with E-state index in [1.54, 1.807) is 0 Å². The molecule has 0 heterocycles. The van der Waals surface area contributed by atoms with Gasteiger partial charge in [0.25, 0.3) is 0 Å². The van der Waals surface area contributed by atoms with Gasteiger partial charge in [-0.2, -0.15) is 0 Å². The number of hydrogen-bond acceptors (Lipinski definition) is 0. The minimum atomic E-state index is -1.16. The first kappa shape index (κ1) is 10.7. The Morgan fingerprint density at radius 2 is 1.83 bits per heavy atom. The van der Waals surface area contributed by atoms with E-state index in [-0.39, 0.29) is 0 Å². The van der Waals surface area contributed by atoms with E-state index >= 15 is 0 Å². The van der Waals surface area contributed by atoms with Crippen LogP contribution in [0.3, 0.4) is 0 Å². The van der Waals surface area contributed by atoms with Crippen molar-refractivity contribution < 1.29 is 0 Å². The summed E-state index contributed by atoms with van der Waals surface area (Å²) in [5.74, 6) is 0. The highest BCUT2D eigenvalue weighted by molar-refractivity contribution is 14.1. The summed E-state index contributed by atoms with van der Waals surface area (Å²) < 4.78 is 2.61. The molecule has 3 heteroatoms. The summed E-state index contributed by atoms with van der Waals surface area (Å²) in [7, 11) is -1.16. The van der Waals surface area contributed by atoms with Crippen molar-refractivity contribution in [1.82, 2.24) is 0 Å². The molecule has 0 aromatic heterocycles. The maximum absolute atomic E-state index is 3.64. The summed E-state index contributed by atoms with van der Waals surface area (Å²) in [4.78, 5) is 0. The van der Waals surface area contributed by atoms with Gasteiger partial charge in [0.2, 0.25) is 0 Å². The van der Waals surface area contributed by atoms with Crippen LogP contribution in [0, 0.1) is 3.57 Å². The van der Waals surface area contributed by atoms with Gasteiger partial charge < -0.3 is 0 Å². The van der Waals surface area contributed by atoms with Crippen LogP contribution < -0.4 is 5.19 Å². The van der Waals surface area contributed by atoms with Crippen molar-refractivity contribution in [2.24, 2.45) is 0 Å². The standard InChI is InChI=1S/C9H12BrISi/c1-12(2,3)8-6-4-5-7(11)9(8)10/h4-6H,1-3H3. The lowest BCUT2D eigenvalue weighted by molar-refractivity contribution is 1.59. The highest BCUT2D eigenvalue weighted by Gasteiger charge is 2.19. The summed E-state index contributed by atoms with van der Waals surface area (Å²) in [6, 6.07) is 6.51. The minimum absolute atomic E-state index is 1.16. The van der Waals surface area contributed by atoms with Crippen LogP contribution in [-0.2, 0) is 0 Å². The van der Waals surface area contributed by atoms with E-state index in [0.29, 0.717) is 0 Å². The van der Waals surface area contributed by atoms with Gasteiger partial charge in [0.1, 0.15) is 0 Å². The normalized spacial score (nSPS) is 11.8. The van der Waals surface area contributed by atoms with Crippen LogP contribution in [0.4, 0.5) is 0 Å². The number of hydrogen-bond donors (Lipinski definition) is 0. The maximum Gasteiger partial charge on any atom is 0.0791 e. The largest absolute Gasteiger partial charge is 0.0791 e. The third-order valence-corrected chi connectivity index (χ3v) is 6.65. The number of rotatable bonds is 1. The lowest BCUT2D eigenvalue weighted by atomic mass is 10.4. The van der Waals surface area contributed by atoms with Crippen LogP contribution in [0.25, 0.3) is 0 Å². The molecule has 0 spiro atoms. The van der Waals surface area contributed by atoms with Crippen molar-refractivity contribution in [1.29, 1.82) is 0 Å². The first-order valence-electron chi connectivity index (χ1n) is 3.87. The monoisotopic (exact) mass is 354 g/mol. The highest BCUT2D eigenvalue weighted by Crippen LogP contribution is 2.19. The Balaban J connectivity index is 3.26. The highest BCUT2D eigenvalue weighted by atomic mass is 127. The van der Waals surface area contributed by atoms with Gasteiger partial charge in [0, 0.05) is 8.04 Å². The number of halogens is 2. The van der Waals surface area contributed by atoms with E-state index in [2.05, 4.69) is 76.4 Å². The Kier molecular flexibility index (Phi) is 3.39. The van der Waals surface area contributed by atoms with Crippen LogP contribution in [0.1, 0.15) is 0 Å². The molecule has 0 aliphatic heterocycles. The smallest absolute Gasteiger partial charge is 0.0656 e. The van der Waals surface area contributed by atoms with Gasteiger partial charge >= 0.3 is 0 Å². The summed E-state index contributed by atoms with van der Waals surface area (Å²) in [6.45, 7) is 7.09. The zero-order chi connectivity index (χ0) is 9.35. The Labute approximate surface area is 97.0 Å². The van der Waals surface area contributed by atoms with E-state index in [9.17, 15) is 0 Å². The fraction of sp³-hybridized carbons (Fsp3) is 0.333. The summed E-state index contributed by atoms with van der Waals surface area (Å²) in [5, 5.41) is 1.51. The predicted octanol–water partition coefficient (Wildman–Crippen LogP) is 3.60. The van der Waals surface area contributed by atoms with E-state index < -0.39 is 8.07 Å². The molecule has 0 saturated carbocycles. The zero-order valence-electron chi connectivity index (χ0n) is 7.49. The van der Waals surface area contributed by atoms with Crippen molar-refractivity contribution in [3.8, 4) is 0 Å². The molecule has 0 aliphatic carbocycles. The average molecular weight is 355 g/mol. The quantitative estimate of drug-likeness (QED) is 0.534. The molecule has 0 unspecified atom stereocenters. The molecule has 1 aromatic rings. The zero-order valence-corrected chi connectivity index (χ0v) is 12.2. The molecule has 0 nitrogen and oxygen atoms in total. The molecule has 0 amide bonds. The summed E-state index contributed by atoms with van der Waals surface area (Å²) >= 11 is 6.01. The lowest BCUT2D eigenvalue weighted by Crippen LogP contribution is -2.38. The molecule has 0 bridgehead atoms. The molecule has 0 saturated heterocycles. The van der Waals surface area contributed by atoms with E-state index in [4.69, 9.17) is 0 Å². The molecular weight excluding hydrogens is 343 g/mol. The average Bonchev–Trinajstić information content (AvgIpc) is 1.92. The van der Waals surface area contributed by atoms with Gasteiger partial charge in [-0.05, 0) is 49.8 Å². The van der Waals surface area contributed by atoms with Crippen LogP contribution in [0.5, 0.6) is 0 Å². The van der Waals surface area contributed by atoms with Gasteiger partial charge in [0.05, 0.1) is 8.07 Å². The molecule has 1 rings (SSSR count). The van der Waals surface area contributed by atoms with Gasteiger partial charge in [0.15, 0.2) is 0 Å². The Hall–Kier alpha value is 0.647. The fourth-order valence-electron chi connectivity index (χ4n) is 1.08. The first-order valence-corrected chi connectivity index (χ1v) is 9.24. The van der Waals surface area contributed by atoms with Crippen LogP contribution in [-0.4, -0.2) is 8.07 Å². The minimum Gasteiger partial charge on any atom is -0.0656 e. The summed E-state index contributed by atoms with van der Waals surface area (Å²) in [5.41, 5.74) is 0. The number of benzene rings is 1. The van der Waals surface area contributed by atoms with Crippen LogP contribution >= 0.6 is 38.5 Å². The summed E-state index contributed by atoms with van der Waals surface area (Å²) in [6.07, 6.45) is 0. The molecular formula is C9H12BrISi. The Morgan fingerprint density at radius 3 is 2.25 bits per heavy atom. The Bertz CT molecular complexity index is 291. The third kappa shape index (κ3) is 2.32. The third-order valence-electron chi connectivity index (χ3n) is 1.76. The topological polar surface area (TPSA) is 0 Å². The van der Waals surface area contributed by atoms with E-state index in [1.807, 2.05) is 0 Å². The molecule has 66 valence electrons.